The molecule has 0 saturated carbocycles. The van der Waals surface area contributed by atoms with Crippen molar-refractivity contribution in [3.63, 3.8) is 0 Å². The van der Waals surface area contributed by atoms with Crippen LogP contribution in [0.3, 0.4) is 0 Å². The van der Waals surface area contributed by atoms with Crippen molar-refractivity contribution in [2.24, 2.45) is 4.40 Å². The summed E-state index contributed by atoms with van der Waals surface area (Å²) < 4.78 is 28.5. The van der Waals surface area contributed by atoms with E-state index in [2.05, 4.69) is 19.4 Å². The number of nitrogen functional groups attached to an aromatic ring is 1. The number of halogens is 1. The summed E-state index contributed by atoms with van der Waals surface area (Å²) >= 11 is 0. The molecule has 0 saturated heterocycles. The minimum atomic E-state index is -3.69. The van der Waals surface area contributed by atoms with E-state index in [9.17, 15) is 13.2 Å². The third-order valence-corrected chi connectivity index (χ3v) is 3.91. The molecule has 1 aromatic heterocycles. The molecular formula is C12H16ClN5O3S. The molecule has 1 aliphatic rings. The number of hydrogen-bond acceptors (Lipinski definition) is 5. The average molecular weight is 346 g/mol. The van der Waals surface area contributed by atoms with Crippen molar-refractivity contribution in [1.82, 2.24) is 9.71 Å². The fourth-order valence-electron chi connectivity index (χ4n) is 1.89. The number of pyridine rings is 1. The van der Waals surface area contributed by atoms with Gasteiger partial charge in [0.05, 0.1) is 24.0 Å². The first-order chi connectivity index (χ1) is 9.77. The Kier molecular flexibility index (Phi) is 5.50. The van der Waals surface area contributed by atoms with Crippen molar-refractivity contribution in [2.45, 2.75) is 20.3 Å². The summed E-state index contributed by atoms with van der Waals surface area (Å²) in [5, 5.41) is 2.65. The first kappa shape index (κ1) is 17.9. The monoisotopic (exact) mass is 345 g/mol. The number of carbonyl (C=O) groups is 1. The summed E-state index contributed by atoms with van der Waals surface area (Å²) in [5.41, 5.74) is 7.21. The molecule has 0 spiro atoms. The number of hydrogen-bond donors (Lipinski definition) is 3. The summed E-state index contributed by atoms with van der Waals surface area (Å²) in [7, 11) is -3.69. The van der Waals surface area contributed by atoms with Crippen LogP contribution < -0.4 is 15.8 Å². The first-order valence-corrected chi connectivity index (χ1v) is 7.51. The molecule has 10 heteroatoms. The van der Waals surface area contributed by atoms with E-state index in [1.54, 1.807) is 26.0 Å². The molecule has 2 rings (SSSR count). The molecule has 1 aromatic rings. The highest BCUT2D eigenvalue weighted by atomic mass is 35.5. The van der Waals surface area contributed by atoms with Gasteiger partial charge in [-0.25, -0.2) is 4.98 Å². The summed E-state index contributed by atoms with van der Waals surface area (Å²) in [5.74, 6) is 0.0581. The predicted molar refractivity (Wildman–Crippen MR) is 87.0 cm³/mol. The molecule has 1 aliphatic heterocycles. The van der Waals surface area contributed by atoms with Crippen LogP contribution in [-0.2, 0) is 15.0 Å². The largest absolute Gasteiger partial charge is 0.384 e. The number of amides is 1. The zero-order valence-corrected chi connectivity index (χ0v) is 13.6. The second kappa shape index (κ2) is 6.75. The normalized spacial score (nSPS) is 16.2. The number of anilines is 2. The molecule has 1 amide bonds. The van der Waals surface area contributed by atoms with E-state index in [1.165, 1.54) is 6.20 Å². The summed E-state index contributed by atoms with van der Waals surface area (Å²) in [4.78, 5) is 15.8. The topological polar surface area (TPSA) is 127 Å². The summed E-state index contributed by atoms with van der Waals surface area (Å²) in [6.45, 7) is 3.14. The van der Waals surface area contributed by atoms with Crippen molar-refractivity contribution in [3.8, 4) is 0 Å². The second-order valence-corrected chi connectivity index (χ2v) is 5.89. The van der Waals surface area contributed by atoms with E-state index < -0.39 is 10.2 Å². The van der Waals surface area contributed by atoms with Crippen LogP contribution in [0.4, 0.5) is 11.5 Å². The Balaban J connectivity index is 0.00000242. The van der Waals surface area contributed by atoms with Gasteiger partial charge in [0, 0.05) is 11.3 Å². The van der Waals surface area contributed by atoms with E-state index in [1.807, 2.05) is 0 Å². The molecule has 2 heterocycles. The molecule has 0 fully saturated rings. The maximum Gasteiger partial charge on any atom is 0.342 e. The zero-order chi connectivity index (χ0) is 15.6. The van der Waals surface area contributed by atoms with Gasteiger partial charge in [0.2, 0.25) is 5.91 Å². The molecule has 22 heavy (non-hydrogen) atoms. The van der Waals surface area contributed by atoms with Crippen LogP contribution >= 0.6 is 12.4 Å². The predicted octanol–water partition coefficient (Wildman–Crippen LogP) is 0.997. The molecule has 0 aromatic carbocycles. The minimum absolute atomic E-state index is 0. The van der Waals surface area contributed by atoms with Crippen molar-refractivity contribution < 1.29 is 13.2 Å². The smallest absolute Gasteiger partial charge is 0.342 e. The Hall–Kier alpha value is -2.13. The Bertz CT molecular complexity index is 741. The van der Waals surface area contributed by atoms with E-state index in [-0.39, 0.29) is 24.7 Å². The van der Waals surface area contributed by atoms with Crippen molar-refractivity contribution in [2.75, 3.05) is 11.1 Å². The maximum atomic E-state index is 12.0. The van der Waals surface area contributed by atoms with Crippen molar-refractivity contribution >= 4 is 45.7 Å². The van der Waals surface area contributed by atoms with Crippen LogP contribution in [0.25, 0.3) is 0 Å². The average Bonchev–Trinajstić information content (AvgIpc) is 2.36. The van der Waals surface area contributed by atoms with E-state index in [0.717, 1.165) is 0 Å². The Morgan fingerprint density at radius 1 is 1.36 bits per heavy atom. The number of nitrogens with two attached hydrogens (primary N) is 1. The Morgan fingerprint density at radius 2 is 2.05 bits per heavy atom. The lowest BCUT2D eigenvalue weighted by Gasteiger charge is -2.17. The third-order valence-electron chi connectivity index (χ3n) is 2.84. The summed E-state index contributed by atoms with van der Waals surface area (Å²) in [6.07, 6.45) is 1.45. The number of allylic oxidation sites excluding steroid dienone is 1. The quantitative estimate of drug-likeness (QED) is 0.753. The molecule has 0 atom stereocenters. The van der Waals surface area contributed by atoms with Crippen LogP contribution in [0.5, 0.6) is 0 Å². The summed E-state index contributed by atoms with van der Waals surface area (Å²) in [6, 6.07) is 3.20. The van der Waals surface area contributed by atoms with Gasteiger partial charge in [-0.15, -0.1) is 16.8 Å². The SMILES string of the molecule is CC1=NS(=O)(=O)NC(C)=C1CC(=O)Nc1ccc(N)nc1.Cl. The van der Waals surface area contributed by atoms with E-state index in [4.69, 9.17) is 5.73 Å². The van der Waals surface area contributed by atoms with Crippen LogP contribution in [0.1, 0.15) is 20.3 Å². The third kappa shape index (κ3) is 4.43. The van der Waals surface area contributed by atoms with Gasteiger partial charge >= 0.3 is 10.2 Å². The number of carbonyl (C=O) groups excluding carboxylic acids is 1. The fourth-order valence-corrected chi connectivity index (χ4v) is 2.92. The highest BCUT2D eigenvalue weighted by Gasteiger charge is 2.22. The van der Waals surface area contributed by atoms with E-state index in [0.29, 0.717) is 28.5 Å². The first-order valence-electron chi connectivity index (χ1n) is 6.07. The maximum absolute atomic E-state index is 12.0. The van der Waals surface area contributed by atoms with Crippen molar-refractivity contribution in [1.29, 1.82) is 0 Å². The van der Waals surface area contributed by atoms with Gasteiger partial charge in [-0.1, -0.05) is 0 Å². The lowest BCUT2D eigenvalue weighted by Crippen LogP contribution is -2.29. The standard InChI is InChI=1S/C12H15N5O3S.ClH/c1-7-10(8(2)17-21(19,20)16-7)5-12(18)15-9-3-4-11(13)14-6-9;/h3-4,6,16H,5H2,1-2H3,(H2,13,14)(H,15,18);1H. The number of aromatic nitrogens is 1. The molecule has 4 N–H and O–H groups in total. The molecule has 0 bridgehead atoms. The van der Waals surface area contributed by atoms with Gasteiger partial charge in [0.1, 0.15) is 5.82 Å². The fraction of sp³-hybridized carbons (Fsp3) is 0.250. The molecule has 120 valence electrons. The molecule has 0 unspecified atom stereocenters. The van der Waals surface area contributed by atoms with Gasteiger partial charge in [0.25, 0.3) is 0 Å². The highest BCUT2D eigenvalue weighted by Crippen LogP contribution is 2.17. The van der Waals surface area contributed by atoms with Gasteiger partial charge < -0.3 is 11.1 Å². The van der Waals surface area contributed by atoms with Crippen LogP contribution in [0.15, 0.2) is 34.0 Å². The molecular weight excluding hydrogens is 330 g/mol. The Labute approximate surface area is 134 Å². The minimum Gasteiger partial charge on any atom is -0.384 e. The molecule has 0 aliphatic carbocycles. The van der Waals surface area contributed by atoms with Gasteiger partial charge in [-0.3, -0.25) is 9.52 Å². The highest BCUT2D eigenvalue weighted by molar-refractivity contribution is 7.88. The van der Waals surface area contributed by atoms with Gasteiger partial charge in [-0.2, -0.15) is 8.42 Å². The number of nitrogens with one attached hydrogen (secondary N) is 2. The lowest BCUT2D eigenvalue weighted by molar-refractivity contribution is -0.115. The number of nitrogens with zero attached hydrogens (tertiary/aromatic N) is 2. The van der Waals surface area contributed by atoms with Crippen LogP contribution in [0, 0.1) is 0 Å². The van der Waals surface area contributed by atoms with E-state index >= 15 is 0 Å². The molecule has 0 radical (unpaired) electrons. The lowest BCUT2D eigenvalue weighted by atomic mass is 10.1. The Morgan fingerprint density at radius 3 is 2.59 bits per heavy atom. The molecule has 8 nitrogen and oxygen atoms in total. The number of rotatable bonds is 3. The van der Waals surface area contributed by atoms with Gasteiger partial charge in [0.15, 0.2) is 0 Å². The van der Waals surface area contributed by atoms with Crippen LogP contribution in [0.2, 0.25) is 0 Å². The second-order valence-electron chi connectivity index (χ2n) is 4.55. The zero-order valence-electron chi connectivity index (χ0n) is 12.0. The van der Waals surface area contributed by atoms with Crippen molar-refractivity contribution in [3.05, 3.63) is 29.6 Å². The van der Waals surface area contributed by atoms with Crippen LogP contribution in [-0.4, -0.2) is 25.0 Å². The van der Waals surface area contributed by atoms with Gasteiger partial charge in [-0.05, 0) is 26.0 Å².